The number of nitrogens with one attached hydrogen (secondary N) is 1. The summed E-state index contributed by atoms with van der Waals surface area (Å²) in [6.07, 6.45) is 1.58. The van der Waals surface area contributed by atoms with Crippen molar-refractivity contribution in [3.05, 3.63) is 47.1 Å². The Labute approximate surface area is 120 Å². The topological polar surface area (TPSA) is 96.4 Å². The standard InChI is InChI=1S/C12H12N2O4S2/c1-8(10-4-2-3-5-13-10)14-20(17,18)11-6-9(7-19-11)12(15)16/h2-8,14H,1H3,(H,15,16)/t8-/m1/s1. The van der Waals surface area contributed by atoms with Crippen LogP contribution >= 0.6 is 11.3 Å². The number of hydrogen-bond donors (Lipinski definition) is 2. The number of nitrogens with zero attached hydrogens (tertiary/aromatic N) is 1. The molecule has 0 aliphatic rings. The molecular weight excluding hydrogens is 300 g/mol. The van der Waals surface area contributed by atoms with Crippen molar-refractivity contribution in [2.45, 2.75) is 17.2 Å². The lowest BCUT2D eigenvalue weighted by atomic mass is 10.2. The molecule has 20 heavy (non-hydrogen) atoms. The van der Waals surface area contributed by atoms with Gasteiger partial charge in [0, 0.05) is 11.6 Å². The minimum absolute atomic E-state index is 0.0299. The van der Waals surface area contributed by atoms with Crippen LogP contribution in [0.3, 0.4) is 0 Å². The van der Waals surface area contributed by atoms with E-state index < -0.39 is 22.0 Å². The van der Waals surface area contributed by atoms with E-state index in [-0.39, 0.29) is 9.77 Å². The average Bonchev–Trinajstić information content (AvgIpc) is 2.90. The Balaban J connectivity index is 2.20. The zero-order chi connectivity index (χ0) is 14.8. The molecule has 0 saturated heterocycles. The van der Waals surface area contributed by atoms with Crippen LogP contribution in [-0.2, 0) is 10.0 Å². The molecule has 0 aliphatic heterocycles. The van der Waals surface area contributed by atoms with Gasteiger partial charge in [-0.05, 0) is 25.1 Å². The molecular formula is C12H12N2O4S2. The summed E-state index contributed by atoms with van der Waals surface area (Å²) >= 11 is 0.870. The number of aromatic nitrogens is 1. The van der Waals surface area contributed by atoms with E-state index in [1.807, 2.05) is 0 Å². The molecule has 2 aromatic rings. The Kier molecular flexibility index (Phi) is 4.17. The molecule has 0 aromatic carbocycles. The second-order valence-corrected chi connectivity index (χ2v) is 6.91. The van der Waals surface area contributed by atoms with Gasteiger partial charge in [0.2, 0.25) is 0 Å². The molecule has 106 valence electrons. The number of thiophene rings is 1. The van der Waals surface area contributed by atoms with E-state index in [2.05, 4.69) is 9.71 Å². The van der Waals surface area contributed by atoms with Crippen LogP contribution in [0.25, 0.3) is 0 Å². The van der Waals surface area contributed by atoms with E-state index in [1.165, 1.54) is 5.38 Å². The zero-order valence-electron chi connectivity index (χ0n) is 10.5. The van der Waals surface area contributed by atoms with Gasteiger partial charge in [-0.3, -0.25) is 4.98 Å². The minimum Gasteiger partial charge on any atom is -0.478 e. The predicted molar refractivity (Wildman–Crippen MR) is 74.3 cm³/mol. The number of carboxylic acids is 1. The quantitative estimate of drug-likeness (QED) is 0.878. The van der Waals surface area contributed by atoms with E-state index in [0.717, 1.165) is 17.4 Å². The number of aromatic carboxylic acids is 1. The third-order valence-electron chi connectivity index (χ3n) is 2.55. The molecule has 0 saturated carbocycles. The lowest BCUT2D eigenvalue weighted by Crippen LogP contribution is -2.26. The molecule has 2 aromatic heterocycles. The molecule has 2 rings (SSSR count). The van der Waals surface area contributed by atoms with Crippen LogP contribution in [0, 0.1) is 0 Å². The van der Waals surface area contributed by atoms with Gasteiger partial charge in [0.15, 0.2) is 0 Å². The maximum Gasteiger partial charge on any atom is 0.336 e. The van der Waals surface area contributed by atoms with Gasteiger partial charge in [-0.15, -0.1) is 11.3 Å². The molecule has 0 unspecified atom stereocenters. The summed E-state index contributed by atoms with van der Waals surface area (Å²) in [7, 11) is -3.76. The number of sulfonamides is 1. The Bertz CT molecular complexity index is 710. The van der Waals surface area contributed by atoms with Crippen molar-refractivity contribution in [3.8, 4) is 0 Å². The fraction of sp³-hybridized carbons (Fsp3) is 0.167. The van der Waals surface area contributed by atoms with E-state index in [4.69, 9.17) is 5.11 Å². The minimum atomic E-state index is -3.76. The van der Waals surface area contributed by atoms with E-state index in [0.29, 0.717) is 5.69 Å². The molecule has 2 N–H and O–H groups in total. The van der Waals surface area contributed by atoms with Crippen LogP contribution in [0.4, 0.5) is 0 Å². The van der Waals surface area contributed by atoms with Crippen LogP contribution in [-0.4, -0.2) is 24.5 Å². The second-order valence-electron chi connectivity index (χ2n) is 4.06. The zero-order valence-corrected chi connectivity index (χ0v) is 12.1. The van der Waals surface area contributed by atoms with Gasteiger partial charge in [-0.2, -0.15) is 0 Å². The number of carbonyl (C=O) groups is 1. The molecule has 0 radical (unpaired) electrons. The largest absolute Gasteiger partial charge is 0.478 e. The van der Waals surface area contributed by atoms with Crippen molar-refractivity contribution in [2.24, 2.45) is 0 Å². The first kappa shape index (κ1) is 14.6. The highest BCUT2D eigenvalue weighted by atomic mass is 32.2. The summed E-state index contributed by atoms with van der Waals surface area (Å²) in [4.78, 5) is 14.8. The van der Waals surface area contributed by atoms with E-state index in [9.17, 15) is 13.2 Å². The van der Waals surface area contributed by atoms with Crippen LogP contribution in [0.5, 0.6) is 0 Å². The summed E-state index contributed by atoms with van der Waals surface area (Å²) in [5.74, 6) is -1.15. The molecule has 2 heterocycles. The lowest BCUT2D eigenvalue weighted by molar-refractivity contribution is 0.0697. The maximum absolute atomic E-state index is 12.1. The smallest absolute Gasteiger partial charge is 0.336 e. The number of hydrogen-bond acceptors (Lipinski definition) is 5. The Hall–Kier alpha value is -1.77. The number of rotatable bonds is 5. The molecule has 0 aliphatic carbocycles. The van der Waals surface area contributed by atoms with Gasteiger partial charge in [0.1, 0.15) is 4.21 Å². The highest BCUT2D eigenvalue weighted by Gasteiger charge is 2.22. The normalized spacial score (nSPS) is 13.1. The van der Waals surface area contributed by atoms with Gasteiger partial charge in [-0.25, -0.2) is 17.9 Å². The summed E-state index contributed by atoms with van der Waals surface area (Å²) in [6, 6.07) is 5.85. The van der Waals surface area contributed by atoms with Crippen molar-refractivity contribution in [1.29, 1.82) is 0 Å². The van der Waals surface area contributed by atoms with Crippen molar-refractivity contribution >= 4 is 27.3 Å². The van der Waals surface area contributed by atoms with Gasteiger partial charge in [0.25, 0.3) is 10.0 Å². The van der Waals surface area contributed by atoms with E-state index >= 15 is 0 Å². The number of pyridine rings is 1. The molecule has 1 atom stereocenters. The van der Waals surface area contributed by atoms with Crippen LogP contribution in [0.15, 0.2) is 40.1 Å². The number of carboxylic acid groups (broad SMARTS) is 1. The fourth-order valence-electron chi connectivity index (χ4n) is 1.55. The highest BCUT2D eigenvalue weighted by molar-refractivity contribution is 7.91. The van der Waals surface area contributed by atoms with Gasteiger partial charge >= 0.3 is 5.97 Å². The first-order chi connectivity index (χ1) is 9.40. The van der Waals surface area contributed by atoms with Crippen molar-refractivity contribution < 1.29 is 18.3 Å². The predicted octanol–water partition coefficient (Wildman–Crippen LogP) is 1.88. The first-order valence-electron chi connectivity index (χ1n) is 5.65. The Morgan fingerprint density at radius 2 is 2.20 bits per heavy atom. The van der Waals surface area contributed by atoms with Crippen molar-refractivity contribution in [1.82, 2.24) is 9.71 Å². The monoisotopic (exact) mass is 312 g/mol. The molecule has 8 heteroatoms. The van der Waals surface area contributed by atoms with Crippen molar-refractivity contribution in [2.75, 3.05) is 0 Å². The van der Waals surface area contributed by atoms with Crippen LogP contribution in [0.2, 0.25) is 0 Å². The maximum atomic E-state index is 12.1. The molecule has 6 nitrogen and oxygen atoms in total. The molecule has 0 fully saturated rings. The summed E-state index contributed by atoms with van der Waals surface area (Å²) in [5.41, 5.74) is 0.548. The second kappa shape index (κ2) is 5.70. The van der Waals surface area contributed by atoms with Gasteiger partial charge < -0.3 is 5.11 Å². The van der Waals surface area contributed by atoms with Gasteiger partial charge in [-0.1, -0.05) is 6.07 Å². The summed E-state index contributed by atoms with van der Waals surface area (Å²) in [5, 5.41) is 10.1. The fourth-order valence-corrected chi connectivity index (χ4v) is 3.94. The molecule has 0 bridgehead atoms. The third-order valence-corrected chi connectivity index (χ3v) is 5.53. The van der Waals surface area contributed by atoms with Crippen LogP contribution < -0.4 is 4.72 Å². The van der Waals surface area contributed by atoms with E-state index in [1.54, 1.807) is 31.3 Å². The first-order valence-corrected chi connectivity index (χ1v) is 8.01. The Morgan fingerprint density at radius 1 is 1.45 bits per heavy atom. The van der Waals surface area contributed by atoms with Crippen molar-refractivity contribution in [3.63, 3.8) is 0 Å². The molecule has 0 amide bonds. The van der Waals surface area contributed by atoms with Crippen LogP contribution in [0.1, 0.15) is 29.0 Å². The Morgan fingerprint density at radius 3 is 2.75 bits per heavy atom. The van der Waals surface area contributed by atoms with Gasteiger partial charge in [0.05, 0.1) is 17.3 Å². The lowest BCUT2D eigenvalue weighted by Gasteiger charge is -2.12. The summed E-state index contributed by atoms with van der Waals surface area (Å²) < 4.78 is 26.7. The average molecular weight is 312 g/mol. The SMILES string of the molecule is C[C@@H](NS(=O)(=O)c1cc(C(=O)O)cs1)c1ccccn1. The third kappa shape index (κ3) is 3.21. The molecule has 0 spiro atoms. The summed E-state index contributed by atoms with van der Waals surface area (Å²) in [6.45, 7) is 1.67. The highest BCUT2D eigenvalue weighted by Crippen LogP contribution is 2.22.